The van der Waals surface area contributed by atoms with Crippen LogP contribution >= 0.6 is 11.6 Å². The van der Waals surface area contributed by atoms with Crippen LogP contribution in [0.15, 0.2) is 24.3 Å². The molecule has 0 saturated carbocycles. The summed E-state index contributed by atoms with van der Waals surface area (Å²) in [5, 5.41) is -0.723. The van der Waals surface area contributed by atoms with Gasteiger partial charge in [0.2, 0.25) is 0 Å². The summed E-state index contributed by atoms with van der Waals surface area (Å²) < 4.78 is 4.59. The Morgan fingerprint density at radius 3 is 2.12 bits per heavy atom. The Bertz CT molecular complexity index is 363. The van der Waals surface area contributed by atoms with Crippen LogP contribution in [0, 0.1) is 0 Å². The fourth-order valence-corrected chi connectivity index (χ4v) is 1.63. The number of ether oxygens (including phenoxy) is 1. The van der Waals surface area contributed by atoms with Crippen LogP contribution in [0.3, 0.4) is 0 Å². The summed E-state index contributed by atoms with van der Waals surface area (Å²) in [6.45, 7) is 6.42. The average molecular weight is 241 g/mol. The Balaban J connectivity index is 2.91. The second-order valence-electron chi connectivity index (χ2n) is 4.76. The predicted molar refractivity (Wildman–Crippen MR) is 65.8 cm³/mol. The SMILES string of the molecule is COC(=O)C(Cl)c1ccc(C(C)(C)C)cc1. The van der Waals surface area contributed by atoms with Crippen molar-refractivity contribution in [1.29, 1.82) is 0 Å². The van der Waals surface area contributed by atoms with Gasteiger partial charge in [0, 0.05) is 0 Å². The molecule has 0 aliphatic heterocycles. The quantitative estimate of drug-likeness (QED) is 0.585. The normalized spacial score (nSPS) is 13.3. The van der Waals surface area contributed by atoms with Crippen LogP contribution in [0.1, 0.15) is 37.3 Å². The zero-order valence-electron chi connectivity index (χ0n) is 10.1. The molecule has 3 heteroatoms. The van der Waals surface area contributed by atoms with Crippen molar-refractivity contribution >= 4 is 17.6 Å². The highest BCUT2D eigenvalue weighted by atomic mass is 35.5. The fourth-order valence-electron chi connectivity index (χ4n) is 1.39. The molecule has 1 aromatic rings. The number of hydrogen-bond acceptors (Lipinski definition) is 2. The number of benzene rings is 1. The molecule has 0 radical (unpaired) electrons. The molecule has 0 saturated heterocycles. The van der Waals surface area contributed by atoms with Crippen molar-refractivity contribution in [2.24, 2.45) is 0 Å². The Hall–Kier alpha value is -1.02. The zero-order valence-corrected chi connectivity index (χ0v) is 10.8. The van der Waals surface area contributed by atoms with Gasteiger partial charge in [-0.25, -0.2) is 0 Å². The van der Waals surface area contributed by atoms with Gasteiger partial charge in [-0.1, -0.05) is 45.0 Å². The number of esters is 1. The first-order valence-corrected chi connectivity index (χ1v) is 5.62. The topological polar surface area (TPSA) is 26.3 Å². The lowest BCUT2D eigenvalue weighted by Crippen LogP contribution is -2.12. The molecule has 0 bridgehead atoms. The van der Waals surface area contributed by atoms with E-state index in [2.05, 4.69) is 25.5 Å². The Morgan fingerprint density at radius 1 is 1.25 bits per heavy atom. The van der Waals surface area contributed by atoms with Gasteiger partial charge in [0.05, 0.1) is 7.11 Å². The molecule has 2 nitrogen and oxygen atoms in total. The Kier molecular flexibility index (Phi) is 3.98. The highest BCUT2D eigenvalue weighted by Crippen LogP contribution is 2.26. The van der Waals surface area contributed by atoms with Crippen LogP contribution in [0.25, 0.3) is 0 Å². The number of halogens is 1. The molecular weight excluding hydrogens is 224 g/mol. The second-order valence-corrected chi connectivity index (χ2v) is 5.19. The molecule has 0 aliphatic carbocycles. The smallest absolute Gasteiger partial charge is 0.328 e. The molecule has 1 rings (SSSR count). The van der Waals surface area contributed by atoms with Crippen LogP contribution in [0.4, 0.5) is 0 Å². The minimum absolute atomic E-state index is 0.103. The highest BCUT2D eigenvalue weighted by molar-refractivity contribution is 6.29. The van der Waals surface area contributed by atoms with E-state index < -0.39 is 11.3 Å². The minimum atomic E-state index is -0.723. The maximum atomic E-state index is 11.2. The van der Waals surface area contributed by atoms with E-state index in [1.54, 1.807) is 0 Å². The molecule has 0 aromatic heterocycles. The summed E-state index contributed by atoms with van der Waals surface area (Å²) in [7, 11) is 1.33. The standard InChI is InChI=1S/C13H17ClO2/c1-13(2,3)10-7-5-9(6-8-10)11(14)12(15)16-4/h5-8,11H,1-4H3. The first-order chi connectivity index (χ1) is 7.36. The molecule has 1 unspecified atom stereocenters. The predicted octanol–water partition coefficient (Wildman–Crippen LogP) is 3.44. The summed E-state index contributed by atoms with van der Waals surface area (Å²) >= 11 is 5.95. The molecule has 16 heavy (non-hydrogen) atoms. The van der Waals surface area contributed by atoms with Gasteiger partial charge >= 0.3 is 5.97 Å². The van der Waals surface area contributed by atoms with Gasteiger partial charge in [0.15, 0.2) is 5.38 Å². The molecule has 88 valence electrons. The summed E-state index contributed by atoms with van der Waals surface area (Å²) in [5.74, 6) is -0.426. The molecule has 1 atom stereocenters. The molecule has 0 N–H and O–H groups in total. The number of rotatable bonds is 2. The number of alkyl halides is 1. The lowest BCUT2D eigenvalue weighted by atomic mass is 9.86. The van der Waals surface area contributed by atoms with Gasteiger partial charge in [0.1, 0.15) is 0 Å². The first-order valence-electron chi connectivity index (χ1n) is 5.18. The van der Waals surface area contributed by atoms with Gasteiger partial charge in [-0.2, -0.15) is 0 Å². The van der Waals surface area contributed by atoms with E-state index in [0.29, 0.717) is 0 Å². The number of carbonyl (C=O) groups excluding carboxylic acids is 1. The summed E-state index contributed by atoms with van der Waals surface area (Å²) in [4.78, 5) is 11.2. The number of hydrogen-bond donors (Lipinski definition) is 0. The third-order valence-corrected chi connectivity index (χ3v) is 2.91. The van der Waals surface area contributed by atoms with Crippen LogP contribution < -0.4 is 0 Å². The maximum absolute atomic E-state index is 11.2. The van der Waals surface area contributed by atoms with E-state index in [1.807, 2.05) is 24.3 Å². The Morgan fingerprint density at radius 2 is 1.75 bits per heavy atom. The summed E-state index contributed by atoms with van der Waals surface area (Å²) in [5.41, 5.74) is 2.08. The van der Waals surface area contributed by atoms with E-state index >= 15 is 0 Å². The molecule has 0 heterocycles. The van der Waals surface area contributed by atoms with E-state index in [0.717, 1.165) is 5.56 Å². The third kappa shape index (κ3) is 2.99. The molecule has 0 amide bonds. The zero-order chi connectivity index (χ0) is 12.3. The third-order valence-electron chi connectivity index (χ3n) is 2.48. The van der Waals surface area contributed by atoms with Gasteiger partial charge in [0.25, 0.3) is 0 Å². The molecular formula is C13H17ClO2. The molecule has 0 fully saturated rings. The van der Waals surface area contributed by atoms with Crippen molar-refractivity contribution in [2.45, 2.75) is 31.6 Å². The first kappa shape index (κ1) is 13.0. The number of methoxy groups -OCH3 is 1. The lowest BCUT2D eigenvalue weighted by Gasteiger charge is -2.19. The van der Waals surface area contributed by atoms with Crippen LogP contribution in [-0.2, 0) is 14.9 Å². The van der Waals surface area contributed by atoms with E-state index in [9.17, 15) is 4.79 Å². The largest absolute Gasteiger partial charge is 0.468 e. The van der Waals surface area contributed by atoms with Crippen molar-refractivity contribution < 1.29 is 9.53 Å². The van der Waals surface area contributed by atoms with E-state index in [-0.39, 0.29) is 5.41 Å². The van der Waals surface area contributed by atoms with Gasteiger partial charge in [-0.15, -0.1) is 11.6 Å². The van der Waals surface area contributed by atoms with Crippen molar-refractivity contribution in [2.75, 3.05) is 7.11 Å². The average Bonchev–Trinajstić information content (AvgIpc) is 2.26. The highest BCUT2D eigenvalue weighted by Gasteiger charge is 2.19. The number of carbonyl (C=O) groups is 1. The van der Waals surface area contributed by atoms with Gasteiger partial charge in [-0.05, 0) is 16.5 Å². The summed E-state index contributed by atoms with van der Waals surface area (Å²) in [6, 6.07) is 7.73. The van der Waals surface area contributed by atoms with Crippen LogP contribution in [-0.4, -0.2) is 13.1 Å². The van der Waals surface area contributed by atoms with Crippen LogP contribution in [0.5, 0.6) is 0 Å². The van der Waals surface area contributed by atoms with E-state index in [4.69, 9.17) is 11.6 Å². The van der Waals surface area contributed by atoms with Gasteiger partial charge < -0.3 is 4.74 Å². The molecule has 0 spiro atoms. The molecule has 1 aromatic carbocycles. The Labute approximate surface area is 102 Å². The van der Waals surface area contributed by atoms with E-state index in [1.165, 1.54) is 12.7 Å². The maximum Gasteiger partial charge on any atom is 0.328 e. The van der Waals surface area contributed by atoms with Gasteiger partial charge in [-0.3, -0.25) is 4.79 Å². The lowest BCUT2D eigenvalue weighted by molar-refractivity contribution is -0.140. The monoisotopic (exact) mass is 240 g/mol. The van der Waals surface area contributed by atoms with Crippen molar-refractivity contribution in [1.82, 2.24) is 0 Å². The molecule has 0 aliphatic rings. The van der Waals surface area contributed by atoms with Crippen molar-refractivity contribution in [3.8, 4) is 0 Å². The van der Waals surface area contributed by atoms with Crippen molar-refractivity contribution in [3.63, 3.8) is 0 Å². The second kappa shape index (κ2) is 4.88. The van der Waals surface area contributed by atoms with Crippen molar-refractivity contribution in [3.05, 3.63) is 35.4 Å². The summed E-state index contributed by atoms with van der Waals surface area (Å²) in [6.07, 6.45) is 0. The fraction of sp³-hybridized carbons (Fsp3) is 0.462. The minimum Gasteiger partial charge on any atom is -0.468 e. The van der Waals surface area contributed by atoms with Crippen LogP contribution in [0.2, 0.25) is 0 Å².